The molecule has 162 valence electrons. The van der Waals surface area contributed by atoms with E-state index >= 15 is 0 Å². The van der Waals surface area contributed by atoms with Gasteiger partial charge >= 0.3 is 6.18 Å². The van der Waals surface area contributed by atoms with Gasteiger partial charge in [0.15, 0.2) is 17.0 Å². The van der Waals surface area contributed by atoms with E-state index in [0.717, 1.165) is 24.4 Å². The minimum Gasteiger partial charge on any atom is -0.368 e. The number of hydrogen-bond donors (Lipinski definition) is 2. The number of nitrogens with one attached hydrogen (secondary N) is 2. The summed E-state index contributed by atoms with van der Waals surface area (Å²) in [5.74, 6) is 1.67. The summed E-state index contributed by atoms with van der Waals surface area (Å²) in [5, 5.41) is 10.5. The van der Waals surface area contributed by atoms with E-state index in [0.29, 0.717) is 41.6 Å². The Morgan fingerprint density at radius 3 is 2.48 bits per heavy atom. The lowest BCUT2D eigenvalue weighted by atomic mass is 10.1. The molecule has 31 heavy (non-hydrogen) atoms. The average Bonchev–Trinajstić information content (AvgIpc) is 3.32. The Bertz CT molecular complexity index is 1180. The van der Waals surface area contributed by atoms with Crippen molar-refractivity contribution < 1.29 is 13.2 Å². The van der Waals surface area contributed by atoms with Gasteiger partial charge in [-0.1, -0.05) is 19.1 Å². The van der Waals surface area contributed by atoms with E-state index in [1.54, 1.807) is 34.9 Å². The molecule has 4 rings (SSSR count). The van der Waals surface area contributed by atoms with Crippen molar-refractivity contribution in [2.24, 2.45) is 7.05 Å². The zero-order chi connectivity index (χ0) is 22.0. The van der Waals surface area contributed by atoms with Crippen molar-refractivity contribution in [3.8, 4) is 0 Å². The molecule has 8 nitrogen and oxygen atoms in total. The van der Waals surface area contributed by atoms with Crippen LogP contribution in [0, 0.1) is 0 Å². The van der Waals surface area contributed by atoms with E-state index in [-0.39, 0.29) is 0 Å². The molecule has 0 atom stereocenters. The van der Waals surface area contributed by atoms with Crippen molar-refractivity contribution in [1.29, 1.82) is 0 Å². The highest BCUT2D eigenvalue weighted by Crippen LogP contribution is 2.29. The van der Waals surface area contributed by atoms with Crippen molar-refractivity contribution in [2.75, 3.05) is 17.2 Å². The van der Waals surface area contributed by atoms with Gasteiger partial charge in [-0.15, -0.1) is 0 Å². The maximum Gasteiger partial charge on any atom is 0.416 e. The molecule has 0 unspecified atom stereocenters. The number of alkyl halides is 3. The second-order valence-electron chi connectivity index (χ2n) is 7.03. The Morgan fingerprint density at radius 2 is 1.84 bits per heavy atom. The van der Waals surface area contributed by atoms with Crippen LogP contribution in [0.15, 0.2) is 42.9 Å². The van der Waals surface area contributed by atoms with Crippen LogP contribution in [-0.2, 0) is 19.8 Å². The van der Waals surface area contributed by atoms with Crippen molar-refractivity contribution in [2.45, 2.75) is 26.1 Å². The molecular formula is C20H21F3N8. The number of benzene rings is 1. The van der Waals surface area contributed by atoms with Crippen molar-refractivity contribution in [3.05, 3.63) is 54.0 Å². The number of aromatic nitrogens is 6. The number of nitrogens with zero attached hydrogens (tertiary/aromatic N) is 6. The molecule has 0 aliphatic rings. The molecule has 4 aromatic rings. The van der Waals surface area contributed by atoms with Crippen molar-refractivity contribution in [1.82, 2.24) is 29.3 Å². The highest BCUT2D eigenvalue weighted by atomic mass is 19.4. The molecule has 0 aliphatic carbocycles. The summed E-state index contributed by atoms with van der Waals surface area (Å²) in [6, 6.07) is 6.87. The van der Waals surface area contributed by atoms with E-state index in [1.165, 1.54) is 12.1 Å². The third kappa shape index (κ3) is 4.44. The fourth-order valence-electron chi connectivity index (χ4n) is 3.09. The second kappa shape index (κ2) is 8.25. The Labute approximate surface area is 176 Å². The fraction of sp³-hybridized carbons (Fsp3) is 0.300. The molecule has 1 aromatic carbocycles. The van der Waals surface area contributed by atoms with E-state index in [4.69, 9.17) is 0 Å². The molecule has 0 aliphatic heterocycles. The summed E-state index contributed by atoms with van der Waals surface area (Å²) in [5.41, 5.74) is 1.19. The van der Waals surface area contributed by atoms with Crippen LogP contribution in [0.3, 0.4) is 0 Å². The van der Waals surface area contributed by atoms with Gasteiger partial charge in [-0.3, -0.25) is 4.68 Å². The number of fused-ring (bicyclic) bond motifs is 1. The van der Waals surface area contributed by atoms with E-state index in [2.05, 4.69) is 30.7 Å². The summed E-state index contributed by atoms with van der Waals surface area (Å²) in [7, 11) is 1.80. The number of anilines is 3. The van der Waals surface area contributed by atoms with Gasteiger partial charge in [0.1, 0.15) is 5.82 Å². The maximum atomic E-state index is 12.8. The smallest absolute Gasteiger partial charge is 0.368 e. The number of hydrogen-bond acceptors (Lipinski definition) is 6. The van der Waals surface area contributed by atoms with Gasteiger partial charge in [0.25, 0.3) is 0 Å². The molecule has 11 heteroatoms. The largest absolute Gasteiger partial charge is 0.416 e. The Balaban J connectivity index is 1.68. The minimum atomic E-state index is -4.36. The molecule has 0 radical (unpaired) electrons. The van der Waals surface area contributed by atoms with Gasteiger partial charge in [-0.2, -0.15) is 28.2 Å². The third-order valence-corrected chi connectivity index (χ3v) is 4.70. The molecule has 0 bridgehead atoms. The summed E-state index contributed by atoms with van der Waals surface area (Å²) >= 11 is 0. The predicted molar refractivity (Wildman–Crippen MR) is 111 cm³/mol. The Morgan fingerprint density at radius 1 is 1.06 bits per heavy atom. The lowest BCUT2D eigenvalue weighted by molar-refractivity contribution is -0.137. The van der Waals surface area contributed by atoms with E-state index < -0.39 is 11.7 Å². The number of halogens is 3. The van der Waals surface area contributed by atoms with Crippen LogP contribution in [0.1, 0.15) is 24.5 Å². The Hall–Kier alpha value is -3.63. The molecule has 3 aromatic heterocycles. The maximum absolute atomic E-state index is 12.8. The molecule has 0 saturated heterocycles. The van der Waals surface area contributed by atoms with Gasteiger partial charge in [0.2, 0.25) is 5.95 Å². The number of aryl methyl sites for hydroxylation is 1. The number of imidazole rings is 1. The van der Waals surface area contributed by atoms with Crippen LogP contribution in [0.4, 0.5) is 30.8 Å². The van der Waals surface area contributed by atoms with E-state index in [9.17, 15) is 13.2 Å². The first-order chi connectivity index (χ1) is 14.8. The van der Waals surface area contributed by atoms with Gasteiger partial charge in [0.05, 0.1) is 24.6 Å². The second-order valence-corrected chi connectivity index (χ2v) is 7.03. The predicted octanol–water partition coefficient (Wildman–Crippen LogP) is 4.19. The lowest BCUT2D eigenvalue weighted by Crippen LogP contribution is -2.09. The molecule has 0 fully saturated rings. The first kappa shape index (κ1) is 20.6. The van der Waals surface area contributed by atoms with Gasteiger partial charge in [-0.25, -0.2) is 4.98 Å². The highest BCUT2D eigenvalue weighted by Gasteiger charge is 2.29. The molecule has 0 spiro atoms. The number of rotatable bonds is 7. The van der Waals surface area contributed by atoms with Gasteiger partial charge < -0.3 is 15.2 Å². The fourth-order valence-corrected chi connectivity index (χ4v) is 3.09. The summed E-state index contributed by atoms with van der Waals surface area (Å²) in [6.07, 6.45) is -0.185. The SMILES string of the molecule is CCCNc1nc(Nc2ccnn2C)nc2c1ncn2Cc1ccc(C(F)(F)F)cc1. The normalized spacial score (nSPS) is 11.8. The zero-order valence-corrected chi connectivity index (χ0v) is 17.0. The van der Waals surface area contributed by atoms with E-state index in [1.807, 2.05) is 6.92 Å². The van der Waals surface area contributed by atoms with Gasteiger partial charge in [-0.05, 0) is 24.1 Å². The lowest BCUT2D eigenvalue weighted by Gasteiger charge is -2.11. The third-order valence-electron chi connectivity index (χ3n) is 4.70. The van der Waals surface area contributed by atoms with Crippen LogP contribution in [0.5, 0.6) is 0 Å². The van der Waals surface area contributed by atoms with Crippen molar-refractivity contribution >= 4 is 28.7 Å². The van der Waals surface area contributed by atoms with Crippen molar-refractivity contribution in [3.63, 3.8) is 0 Å². The molecule has 0 amide bonds. The summed E-state index contributed by atoms with van der Waals surface area (Å²) in [6.45, 7) is 3.08. The standard InChI is InChI=1S/C20H21F3N8/c1-3-9-24-17-16-18(29-19(28-17)27-15-8-10-26-30(15)2)31(12-25-16)11-13-4-6-14(7-5-13)20(21,22)23/h4-8,10,12H,3,9,11H2,1-2H3,(H2,24,27,28,29). The molecule has 0 saturated carbocycles. The summed E-state index contributed by atoms with van der Waals surface area (Å²) < 4.78 is 41.9. The molecule has 2 N–H and O–H groups in total. The first-order valence-corrected chi connectivity index (χ1v) is 9.73. The monoisotopic (exact) mass is 430 g/mol. The highest BCUT2D eigenvalue weighted by molar-refractivity contribution is 5.84. The summed E-state index contributed by atoms with van der Waals surface area (Å²) in [4.78, 5) is 13.6. The van der Waals surface area contributed by atoms with Crippen LogP contribution >= 0.6 is 0 Å². The topological polar surface area (TPSA) is 85.5 Å². The van der Waals surface area contributed by atoms with Gasteiger partial charge in [0, 0.05) is 19.7 Å². The average molecular weight is 430 g/mol. The zero-order valence-electron chi connectivity index (χ0n) is 17.0. The van der Waals surface area contributed by atoms with Crippen LogP contribution < -0.4 is 10.6 Å². The quantitative estimate of drug-likeness (QED) is 0.457. The Kier molecular flexibility index (Phi) is 5.49. The minimum absolute atomic E-state index is 0.323. The van der Waals surface area contributed by atoms with Crippen LogP contribution in [-0.4, -0.2) is 35.8 Å². The van der Waals surface area contributed by atoms with Crippen LogP contribution in [0.2, 0.25) is 0 Å². The molecule has 3 heterocycles. The van der Waals surface area contributed by atoms with Crippen LogP contribution in [0.25, 0.3) is 11.2 Å². The first-order valence-electron chi connectivity index (χ1n) is 9.73. The molecular weight excluding hydrogens is 409 g/mol.